The summed E-state index contributed by atoms with van der Waals surface area (Å²) in [6.07, 6.45) is 4.47. The third kappa shape index (κ3) is 3.83. The molecular weight excluding hydrogens is 423 g/mol. The fourth-order valence-corrected chi connectivity index (χ4v) is 4.53. The number of nitrogens with zero attached hydrogens (tertiary/aromatic N) is 5. The highest BCUT2D eigenvalue weighted by Crippen LogP contribution is 2.34. The predicted octanol–water partition coefficient (Wildman–Crippen LogP) is 4.20. The lowest BCUT2D eigenvalue weighted by molar-refractivity contribution is -0.142. The van der Waals surface area contributed by atoms with Crippen LogP contribution in [0.15, 0.2) is 42.9 Å². The number of piperidine rings is 1. The van der Waals surface area contributed by atoms with Crippen molar-refractivity contribution in [1.82, 2.24) is 19.6 Å². The standard InChI is InChI=1S/C24H25FN6O2/c1-14-19(25)6-5-17-12-18(15(2)28-22-20-4-3-9-31(20)27-13-26-22)23(29-21(14)17)30-10-7-16(8-11-30)24(32)33/h3-6,9,12-13,15-16H,7-8,10-11H2,1-2H3,(H,32,33)(H,26,27,28)/t15-/m0/s1. The molecule has 0 spiro atoms. The first-order valence-corrected chi connectivity index (χ1v) is 11.0. The fraction of sp³-hybridized carbons (Fsp3) is 0.333. The maximum absolute atomic E-state index is 14.3. The number of aliphatic carboxylic acids is 1. The maximum Gasteiger partial charge on any atom is 0.306 e. The van der Waals surface area contributed by atoms with E-state index in [2.05, 4.69) is 20.3 Å². The van der Waals surface area contributed by atoms with Gasteiger partial charge in [0.1, 0.15) is 23.5 Å². The van der Waals surface area contributed by atoms with Crippen molar-refractivity contribution in [2.45, 2.75) is 32.7 Å². The van der Waals surface area contributed by atoms with Gasteiger partial charge in [-0.15, -0.1) is 0 Å². The number of carboxylic acids is 1. The molecule has 0 aliphatic carbocycles. The van der Waals surface area contributed by atoms with Gasteiger partial charge in [-0.2, -0.15) is 5.10 Å². The summed E-state index contributed by atoms with van der Waals surface area (Å²) in [5, 5.41) is 17.9. The average Bonchev–Trinajstić information content (AvgIpc) is 3.31. The molecule has 0 unspecified atom stereocenters. The Morgan fingerprint density at radius 1 is 1.27 bits per heavy atom. The minimum atomic E-state index is -0.755. The van der Waals surface area contributed by atoms with E-state index in [0.717, 1.165) is 22.3 Å². The molecule has 8 nitrogen and oxygen atoms in total. The van der Waals surface area contributed by atoms with Gasteiger partial charge >= 0.3 is 5.97 Å². The van der Waals surface area contributed by atoms with Crippen LogP contribution >= 0.6 is 0 Å². The minimum absolute atomic E-state index is 0.159. The molecule has 2 N–H and O–H groups in total. The van der Waals surface area contributed by atoms with E-state index < -0.39 is 5.97 Å². The van der Waals surface area contributed by atoms with Crippen LogP contribution in [-0.4, -0.2) is 43.7 Å². The van der Waals surface area contributed by atoms with Gasteiger partial charge in [-0.05, 0) is 57.0 Å². The van der Waals surface area contributed by atoms with E-state index in [0.29, 0.717) is 42.8 Å². The number of carbonyl (C=O) groups is 1. The van der Waals surface area contributed by atoms with Crippen LogP contribution in [0.2, 0.25) is 0 Å². The molecule has 1 aromatic carbocycles. The molecule has 4 heterocycles. The molecule has 33 heavy (non-hydrogen) atoms. The summed E-state index contributed by atoms with van der Waals surface area (Å²) in [4.78, 5) is 22.8. The van der Waals surface area contributed by atoms with Crippen LogP contribution in [0.4, 0.5) is 16.0 Å². The minimum Gasteiger partial charge on any atom is -0.481 e. The number of nitrogens with one attached hydrogen (secondary N) is 1. The molecular formula is C24H25FN6O2. The van der Waals surface area contributed by atoms with E-state index in [9.17, 15) is 14.3 Å². The number of anilines is 2. The monoisotopic (exact) mass is 448 g/mol. The number of carboxylic acid groups (broad SMARTS) is 1. The number of hydrogen-bond donors (Lipinski definition) is 2. The van der Waals surface area contributed by atoms with Crippen LogP contribution in [0.1, 0.15) is 36.9 Å². The van der Waals surface area contributed by atoms with Crippen LogP contribution in [0.25, 0.3) is 16.4 Å². The summed E-state index contributed by atoms with van der Waals surface area (Å²) < 4.78 is 16.0. The van der Waals surface area contributed by atoms with Crippen LogP contribution < -0.4 is 10.2 Å². The number of fused-ring (bicyclic) bond motifs is 2. The molecule has 0 saturated carbocycles. The number of aryl methyl sites for hydroxylation is 1. The molecule has 1 aliphatic rings. The van der Waals surface area contributed by atoms with Gasteiger partial charge in [0.2, 0.25) is 0 Å². The van der Waals surface area contributed by atoms with Gasteiger partial charge < -0.3 is 15.3 Å². The van der Waals surface area contributed by atoms with Gasteiger partial charge in [0.25, 0.3) is 0 Å². The topological polar surface area (TPSA) is 95.7 Å². The maximum atomic E-state index is 14.3. The Kier molecular flexibility index (Phi) is 5.32. The third-order valence-corrected chi connectivity index (χ3v) is 6.48. The van der Waals surface area contributed by atoms with Crippen molar-refractivity contribution in [2.75, 3.05) is 23.3 Å². The normalized spacial score (nSPS) is 15.8. The second-order valence-electron chi connectivity index (χ2n) is 8.56. The number of halogens is 1. The van der Waals surface area contributed by atoms with Crippen molar-refractivity contribution < 1.29 is 14.3 Å². The Morgan fingerprint density at radius 3 is 2.82 bits per heavy atom. The predicted molar refractivity (Wildman–Crippen MR) is 124 cm³/mol. The molecule has 170 valence electrons. The first-order chi connectivity index (χ1) is 15.9. The van der Waals surface area contributed by atoms with Crippen molar-refractivity contribution in [3.05, 3.63) is 59.8 Å². The molecule has 5 rings (SSSR count). The highest BCUT2D eigenvalue weighted by Gasteiger charge is 2.28. The summed E-state index contributed by atoms with van der Waals surface area (Å²) in [6.45, 7) is 4.94. The second kappa shape index (κ2) is 8.31. The van der Waals surface area contributed by atoms with Crippen molar-refractivity contribution in [1.29, 1.82) is 0 Å². The number of hydrogen-bond acceptors (Lipinski definition) is 6. The molecule has 1 atom stereocenters. The molecule has 4 aromatic rings. The Bertz CT molecular complexity index is 1350. The molecule has 3 aromatic heterocycles. The summed E-state index contributed by atoms with van der Waals surface area (Å²) in [7, 11) is 0. The lowest BCUT2D eigenvalue weighted by Crippen LogP contribution is -2.37. The second-order valence-corrected chi connectivity index (χ2v) is 8.56. The third-order valence-electron chi connectivity index (χ3n) is 6.48. The van der Waals surface area contributed by atoms with E-state index in [-0.39, 0.29) is 17.8 Å². The van der Waals surface area contributed by atoms with Crippen molar-refractivity contribution in [2.24, 2.45) is 5.92 Å². The van der Waals surface area contributed by atoms with Crippen molar-refractivity contribution in [3.63, 3.8) is 0 Å². The van der Waals surface area contributed by atoms with Crippen molar-refractivity contribution >= 4 is 34.0 Å². The van der Waals surface area contributed by atoms with Crippen molar-refractivity contribution in [3.8, 4) is 0 Å². The Balaban J connectivity index is 1.56. The molecule has 1 saturated heterocycles. The van der Waals surface area contributed by atoms with Gasteiger partial charge in [-0.25, -0.2) is 18.9 Å². The Hall–Kier alpha value is -3.75. The van der Waals surface area contributed by atoms with E-state index >= 15 is 0 Å². The SMILES string of the molecule is Cc1c(F)ccc2cc([C@H](C)Nc3ncnn4cccc34)c(N3CCC(C(=O)O)CC3)nc12. The quantitative estimate of drug-likeness (QED) is 0.472. The van der Waals surface area contributed by atoms with E-state index in [1.165, 1.54) is 12.4 Å². The van der Waals surface area contributed by atoms with Gasteiger partial charge in [0.05, 0.1) is 17.5 Å². The van der Waals surface area contributed by atoms with Gasteiger partial charge in [-0.1, -0.05) is 0 Å². The van der Waals surface area contributed by atoms with Crippen LogP contribution in [0, 0.1) is 18.7 Å². The van der Waals surface area contributed by atoms with Crippen LogP contribution in [-0.2, 0) is 4.79 Å². The van der Waals surface area contributed by atoms with E-state index in [1.54, 1.807) is 17.5 Å². The number of benzene rings is 1. The number of aromatic nitrogens is 4. The highest BCUT2D eigenvalue weighted by molar-refractivity contribution is 5.85. The van der Waals surface area contributed by atoms with Gasteiger partial charge in [-0.3, -0.25) is 4.79 Å². The first-order valence-electron chi connectivity index (χ1n) is 11.0. The van der Waals surface area contributed by atoms with Crippen LogP contribution in [0.3, 0.4) is 0 Å². The zero-order chi connectivity index (χ0) is 23.1. The molecule has 0 amide bonds. The first kappa shape index (κ1) is 21.1. The zero-order valence-corrected chi connectivity index (χ0v) is 18.5. The summed E-state index contributed by atoms with van der Waals surface area (Å²) in [5.74, 6) is 0.0628. The summed E-state index contributed by atoms with van der Waals surface area (Å²) in [5.41, 5.74) is 2.94. The lowest BCUT2D eigenvalue weighted by Gasteiger charge is -2.33. The molecule has 9 heteroatoms. The fourth-order valence-electron chi connectivity index (χ4n) is 4.53. The molecule has 1 aliphatic heterocycles. The van der Waals surface area contributed by atoms with Crippen LogP contribution in [0.5, 0.6) is 0 Å². The molecule has 0 radical (unpaired) electrons. The Morgan fingerprint density at radius 2 is 2.06 bits per heavy atom. The lowest BCUT2D eigenvalue weighted by atomic mass is 9.96. The largest absolute Gasteiger partial charge is 0.481 e. The smallest absolute Gasteiger partial charge is 0.306 e. The molecule has 0 bridgehead atoms. The number of rotatable bonds is 5. The average molecular weight is 449 g/mol. The molecule has 1 fully saturated rings. The van der Waals surface area contributed by atoms with E-state index in [4.69, 9.17) is 4.98 Å². The summed E-state index contributed by atoms with van der Waals surface area (Å²) in [6, 6.07) is 8.95. The zero-order valence-electron chi connectivity index (χ0n) is 18.5. The highest BCUT2D eigenvalue weighted by atomic mass is 19.1. The Labute approximate surface area is 190 Å². The van der Waals surface area contributed by atoms with E-state index in [1.807, 2.05) is 31.3 Å². The summed E-state index contributed by atoms with van der Waals surface area (Å²) >= 11 is 0. The van der Waals surface area contributed by atoms with Gasteiger partial charge in [0, 0.05) is 35.8 Å². The van der Waals surface area contributed by atoms with Gasteiger partial charge in [0.15, 0.2) is 5.82 Å². The number of pyridine rings is 1.